The normalized spacial score (nSPS) is 10.1. The molecule has 2 aromatic heterocycles. The van der Waals surface area contributed by atoms with Gasteiger partial charge < -0.3 is 5.32 Å². The van der Waals surface area contributed by atoms with Crippen LogP contribution >= 0.6 is 0 Å². The van der Waals surface area contributed by atoms with Crippen LogP contribution in [-0.4, -0.2) is 25.6 Å². The summed E-state index contributed by atoms with van der Waals surface area (Å²) in [6.07, 6.45) is 1.67. The van der Waals surface area contributed by atoms with Crippen LogP contribution < -0.4 is 5.32 Å². The lowest BCUT2D eigenvalue weighted by Gasteiger charge is -2.07. The summed E-state index contributed by atoms with van der Waals surface area (Å²) in [4.78, 5) is 27.0. The fourth-order valence-corrected chi connectivity index (χ4v) is 2.69. The van der Waals surface area contributed by atoms with Gasteiger partial charge in [0.15, 0.2) is 0 Å². The zero-order valence-corrected chi connectivity index (χ0v) is 15.3. The minimum Gasteiger partial charge on any atom is -0.324 e. The zero-order valence-electron chi connectivity index (χ0n) is 15.3. The summed E-state index contributed by atoms with van der Waals surface area (Å²) in [6.45, 7) is 2.99. The van der Waals surface area contributed by atoms with Gasteiger partial charge in [-0.15, -0.1) is 0 Å². The van der Waals surface area contributed by atoms with Gasteiger partial charge in [0.1, 0.15) is 23.6 Å². The van der Waals surface area contributed by atoms with E-state index in [1.165, 1.54) is 4.68 Å². The van der Waals surface area contributed by atoms with Crippen molar-refractivity contribution in [3.8, 4) is 11.8 Å². The number of benzene rings is 1. The molecule has 0 saturated carbocycles. The van der Waals surface area contributed by atoms with Crippen molar-refractivity contribution in [2.45, 2.75) is 20.4 Å². The quantitative estimate of drug-likeness (QED) is 0.429. The molecule has 0 atom stereocenters. The van der Waals surface area contributed by atoms with E-state index in [0.29, 0.717) is 17.1 Å². The highest BCUT2D eigenvalue weighted by molar-refractivity contribution is 5.90. The lowest BCUT2D eigenvalue weighted by molar-refractivity contribution is -0.386. The molecule has 3 aromatic rings. The summed E-state index contributed by atoms with van der Waals surface area (Å²) in [7, 11) is 0. The van der Waals surface area contributed by atoms with Crippen molar-refractivity contribution < 1.29 is 9.72 Å². The number of hydrogen-bond donors (Lipinski definition) is 1. The molecule has 0 fully saturated rings. The van der Waals surface area contributed by atoms with E-state index < -0.39 is 4.92 Å². The van der Waals surface area contributed by atoms with Crippen molar-refractivity contribution in [1.82, 2.24) is 14.8 Å². The number of carbonyl (C=O) groups is 1. The molecule has 0 radical (unpaired) electrons. The molecule has 0 bridgehead atoms. The third-order valence-corrected chi connectivity index (χ3v) is 3.97. The van der Waals surface area contributed by atoms with Gasteiger partial charge in [-0.3, -0.25) is 19.6 Å². The number of nitrogens with one attached hydrogen (secondary N) is 1. The Kier molecular flexibility index (Phi) is 5.46. The fraction of sp³-hybridized carbons (Fsp3) is 0.150. The summed E-state index contributed by atoms with van der Waals surface area (Å²) < 4.78 is 1.33. The topological polar surface area (TPSA) is 103 Å². The number of nitrogens with zero attached hydrogens (tertiary/aromatic N) is 4. The minimum absolute atomic E-state index is 0.0698. The van der Waals surface area contributed by atoms with Crippen molar-refractivity contribution in [2.75, 3.05) is 5.32 Å². The van der Waals surface area contributed by atoms with Crippen LogP contribution in [0.1, 0.15) is 22.6 Å². The van der Waals surface area contributed by atoms with Crippen LogP contribution in [-0.2, 0) is 11.3 Å². The first kappa shape index (κ1) is 18.8. The van der Waals surface area contributed by atoms with E-state index in [-0.39, 0.29) is 23.8 Å². The molecule has 0 spiro atoms. The van der Waals surface area contributed by atoms with Crippen molar-refractivity contribution in [3.63, 3.8) is 0 Å². The van der Waals surface area contributed by atoms with E-state index in [1.54, 1.807) is 38.2 Å². The van der Waals surface area contributed by atoms with E-state index in [0.717, 1.165) is 5.56 Å². The Labute approximate surface area is 161 Å². The number of pyridine rings is 1. The molecule has 0 aliphatic carbocycles. The highest BCUT2D eigenvalue weighted by Gasteiger charge is 2.22. The SMILES string of the molecule is Cc1nn(CC(=O)Nc2cccc(C#Cc3ccccn3)c2)c(C)c1[N+](=O)[O-]. The number of amides is 1. The number of carbonyl (C=O) groups excluding carboxylic acids is 1. The van der Waals surface area contributed by atoms with Crippen LogP contribution in [0, 0.1) is 35.8 Å². The third-order valence-electron chi connectivity index (χ3n) is 3.97. The maximum Gasteiger partial charge on any atom is 0.312 e. The summed E-state index contributed by atoms with van der Waals surface area (Å²) >= 11 is 0. The van der Waals surface area contributed by atoms with Gasteiger partial charge in [-0.2, -0.15) is 5.10 Å². The van der Waals surface area contributed by atoms with Crippen LogP contribution in [0.2, 0.25) is 0 Å². The first-order valence-electron chi connectivity index (χ1n) is 8.45. The number of anilines is 1. The number of rotatable bonds is 4. The van der Waals surface area contributed by atoms with Gasteiger partial charge in [0.2, 0.25) is 5.91 Å². The number of hydrogen-bond acceptors (Lipinski definition) is 5. The van der Waals surface area contributed by atoms with Gasteiger partial charge in [-0.1, -0.05) is 18.1 Å². The van der Waals surface area contributed by atoms with Crippen molar-refractivity contribution in [1.29, 1.82) is 0 Å². The molecule has 28 heavy (non-hydrogen) atoms. The van der Waals surface area contributed by atoms with E-state index in [4.69, 9.17) is 0 Å². The van der Waals surface area contributed by atoms with Gasteiger partial charge in [0.05, 0.1) is 4.92 Å². The molecular weight excluding hydrogens is 358 g/mol. The van der Waals surface area contributed by atoms with Crippen LogP contribution in [0.5, 0.6) is 0 Å². The monoisotopic (exact) mass is 375 g/mol. The Morgan fingerprint density at radius 2 is 2.04 bits per heavy atom. The van der Waals surface area contributed by atoms with Gasteiger partial charge in [0, 0.05) is 17.4 Å². The van der Waals surface area contributed by atoms with Crippen LogP contribution in [0.4, 0.5) is 11.4 Å². The Hall–Kier alpha value is -3.99. The molecule has 140 valence electrons. The molecule has 1 N–H and O–H groups in total. The average molecular weight is 375 g/mol. The predicted molar refractivity (Wildman–Crippen MR) is 104 cm³/mol. The first-order valence-corrected chi connectivity index (χ1v) is 8.45. The molecule has 8 heteroatoms. The van der Waals surface area contributed by atoms with Crippen LogP contribution in [0.25, 0.3) is 0 Å². The van der Waals surface area contributed by atoms with Gasteiger partial charge in [-0.25, -0.2) is 4.98 Å². The molecule has 0 unspecified atom stereocenters. The average Bonchev–Trinajstić information content (AvgIpc) is 2.94. The van der Waals surface area contributed by atoms with Crippen molar-refractivity contribution in [2.24, 2.45) is 0 Å². The second kappa shape index (κ2) is 8.14. The van der Waals surface area contributed by atoms with E-state index in [9.17, 15) is 14.9 Å². The van der Waals surface area contributed by atoms with Crippen LogP contribution in [0.3, 0.4) is 0 Å². The highest BCUT2D eigenvalue weighted by Crippen LogP contribution is 2.21. The molecule has 8 nitrogen and oxygen atoms in total. The second-order valence-electron chi connectivity index (χ2n) is 6.03. The Morgan fingerprint density at radius 1 is 1.21 bits per heavy atom. The van der Waals surface area contributed by atoms with Crippen molar-refractivity contribution >= 4 is 17.3 Å². The lowest BCUT2D eigenvalue weighted by atomic mass is 10.2. The first-order chi connectivity index (χ1) is 13.4. The van der Waals surface area contributed by atoms with Gasteiger partial charge in [-0.05, 0) is 50.1 Å². The maximum absolute atomic E-state index is 12.3. The number of nitro groups is 1. The Bertz CT molecular complexity index is 1090. The second-order valence-corrected chi connectivity index (χ2v) is 6.03. The number of aromatic nitrogens is 3. The smallest absolute Gasteiger partial charge is 0.312 e. The summed E-state index contributed by atoms with van der Waals surface area (Å²) in [5.41, 5.74) is 2.51. The van der Waals surface area contributed by atoms with Gasteiger partial charge >= 0.3 is 5.69 Å². The summed E-state index contributed by atoms with van der Waals surface area (Å²) in [5.74, 6) is 5.62. The Morgan fingerprint density at radius 3 is 2.71 bits per heavy atom. The van der Waals surface area contributed by atoms with E-state index >= 15 is 0 Å². The van der Waals surface area contributed by atoms with Crippen LogP contribution in [0.15, 0.2) is 48.7 Å². The summed E-state index contributed by atoms with van der Waals surface area (Å²) in [6, 6.07) is 12.6. The third kappa shape index (κ3) is 4.40. The largest absolute Gasteiger partial charge is 0.324 e. The lowest BCUT2D eigenvalue weighted by Crippen LogP contribution is -2.20. The zero-order chi connectivity index (χ0) is 20.1. The molecular formula is C20H17N5O3. The molecule has 0 aliphatic heterocycles. The standard InChI is InChI=1S/C20H17N5O3/c1-14-20(25(27)28)15(2)24(23-14)13-19(26)22-18-8-5-6-16(12-18)9-10-17-7-3-4-11-21-17/h3-8,11-12H,13H2,1-2H3,(H,22,26). The minimum atomic E-state index is -0.490. The molecule has 0 aliphatic rings. The van der Waals surface area contributed by atoms with E-state index in [2.05, 4.69) is 27.2 Å². The van der Waals surface area contributed by atoms with E-state index in [1.807, 2.05) is 24.3 Å². The highest BCUT2D eigenvalue weighted by atomic mass is 16.6. The Balaban J connectivity index is 1.71. The maximum atomic E-state index is 12.3. The number of aryl methyl sites for hydroxylation is 1. The molecule has 3 rings (SSSR count). The molecule has 1 aromatic carbocycles. The van der Waals surface area contributed by atoms with Crippen molar-refractivity contribution in [3.05, 3.63) is 81.4 Å². The fourth-order valence-electron chi connectivity index (χ4n) is 2.69. The molecule has 2 heterocycles. The summed E-state index contributed by atoms with van der Waals surface area (Å²) in [5, 5.41) is 17.9. The molecule has 0 saturated heterocycles. The molecule has 1 amide bonds. The van der Waals surface area contributed by atoms with Gasteiger partial charge in [0.25, 0.3) is 0 Å². The predicted octanol–water partition coefficient (Wildman–Crippen LogP) is 2.84.